The average molecular weight is 267 g/mol. The Morgan fingerprint density at radius 1 is 1.67 bits per heavy atom. The smallest absolute Gasteiger partial charge is 0.224 e. The van der Waals surface area contributed by atoms with Crippen LogP contribution in [0.15, 0.2) is 17.7 Å². The molecule has 1 unspecified atom stereocenters. The summed E-state index contributed by atoms with van der Waals surface area (Å²) in [5.41, 5.74) is 7.93. The Kier molecular flexibility index (Phi) is 1.68. The molecule has 2 N–H and O–H groups in total. The molecule has 0 bridgehead atoms. The normalized spacial score (nSPS) is 31.4. The maximum Gasteiger partial charge on any atom is 0.224 e. The lowest BCUT2D eigenvalue weighted by Crippen LogP contribution is -2.27. The van der Waals surface area contributed by atoms with Crippen LogP contribution in [-0.2, 0) is 11.2 Å². The largest absolute Gasteiger partial charge is 0.369 e. The van der Waals surface area contributed by atoms with E-state index in [1.54, 1.807) is 6.07 Å². The molecule has 0 spiro atoms. The van der Waals surface area contributed by atoms with Crippen molar-refractivity contribution in [3.8, 4) is 0 Å². The van der Waals surface area contributed by atoms with Crippen molar-refractivity contribution in [2.75, 3.05) is 0 Å². The molecule has 0 saturated carbocycles. The lowest BCUT2D eigenvalue weighted by molar-refractivity contribution is -0.121. The van der Waals surface area contributed by atoms with Gasteiger partial charge in [0, 0.05) is 10.5 Å². The van der Waals surface area contributed by atoms with Crippen molar-refractivity contribution in [3.63, 3.8) is 0 Å². The van der Waals surface area contributed by atoms with E-state index in [0.717, 1.165) is 11.1 Å². The zero-order valence-electron chi connectivity index (χ0n) is 14.9. The van der Waals surface area contributed by atoms with Gasteiger partial charge in [-0.2, -0.15) is 0 Å². The van der Waals surface area contributed by atoms with Crippen LogP contribution in [0, 0.1) is 12.8 Å². The molecule has 0 aliphatic heterocycles. The summed E-state index contributed by atoms with van der Waals surface area (Å²) >= 11 is 6.08. The molecule has 0 radical (unpaired) electrons. The minimum Gasteiger partial charge on any atom is -0.369 e. The molecule has 2 aliphatic rings. The standard InChI is InChI=1S/C15H16ClNO/c1-8-5-9(16)6-13-10-3-2-4-11(15(17)18)14(10)7-12(8)13/h5-6,11H,2-4,7H2,1H3,(H2,17,18)/i3D2,4D2,6D. The Balaban J connectivity index is 2.34. The SMILES string of the molecule is [2H]c1c(Cl)cc(C)c2c1C1=C(C2)C(C(N)=O)C([2H])([2H])CC1([2H])[2H]. The first-order chi connectivity index (χ1) is 10.5. The predicted molar refractivity (Wildman–Crippen MR) is 73.3 cm³/mol. The first kappa shape index (κ1) is 7.34. The van der Waals surface area contributed by atoms with E-state index in [0.29, 0.717) is 11.1 Å². The molecule has 2 nitrogen and oxygen atoms in total. The number of halogens is 1. The van der Waals surface area contributed by atoms with E-state index in [-0.39, 0.29) is 23.1 Å². The molecule has 3 heteroatoms. The first-order valence-electron chi connectivity index (χ1n) is 8.29. The number of carbonyl (C=O) groups excluding carboxylic acids is 1. The maximum atomic E-state index is 11.9. The summed E-state index contributed by atoms with van der Waals surface area (Å²) in [4.78, 5) is 11.9. The molecule has 94 valence electrons. The summed E-state index contributed by atoms with van der Waals surface area (Å²) < 4.78 is 41.0. The lowest BCUT2D eigenvalue weighted by Gasteiger charge is -2.22. The van der Waals surface area contributed by atoms with Crippen molar-refractivity contribution in [3.05, 3.63) is 39.4 Å². The van der Waals surface area contributed by atoms with E-state index in [2.05, 4.69) is 0 Å². The number of carbonyl (C=O) groups is 1. The van der Waals surface area contributed by atoms with Crippen LogP contribution in [0.3, 0.4) is 0 Å². The number of hydrogen-bond donors (Lipinski definition) is 1. The summed E-state index contributed by atoms with van der Waals surface area (Å²) in [5.74, 6) is -1.99. The zero-order chi connectivity index (χ0) is 17.3. The molecule has 1 amide bonds. The quantitative estimate of drug-likeness (QED) is 0.833. The van der Waals surface area contributed by atoms with Crippen molar-refractivity contribution in [2.45, 2.75) is 32.5 Å². The van der Waals surface area contributed by atoms with Crippen LogP contribution in [0.4, 0.5) is 0 Å². The summed E-state index contributed by atoms with van der Waals surface area (Å²) in [6.07, 6.45) is -4.29. The number of hydrogen-bond acceptors (Lipinski definition) is 1. The Labute approximate surface area is 119 Å². The topological polar surface area (TPSA) is 43.1 Å². The summed E-state index contributed by atoms with van der Waals surface area (Å²) in [7, 11) is 0. The fourth-order valence-electron chi connectivity index (χ4n) is 2.67. The van der Waals surface area contributed by atoms with Crippen LogP contribution in [0.5, 0.6) is 0 Å². The van der Waals surface area contributed by atoms with E-state index in [4.69, 9.17) is 24.2 Å². The first-order valence-corrected chi connectivity index (χ1v) is 6.17. The molecule has 3 rings (SSSR count). The van der Waals surface area contributed by atoms with Gasteiger partial charge < -0.3 is 5.73 Å². The third-order valence-electron chi connectivity index (χ3n) is 3.51. The second kappa shape index (κ2) is 4.13. The molecule has 0 heterocycles. The summed E-state index contributed by atoms with van der Waals surface area (Å²) in [6.45, 7) is 1.81. The third kappa shape index (κ3) is 1.67. The van der Waals surface area contributed by atoms with Gasteiger partial charge in [0.15, 0.2) is 0 Å². The highest BCUT2D eigenvalue weighted by Crippen LogP contribution is 2.45. The van der Waals surface area contributed by atoms with Crippen molar-refractivity contribution in [1.29, 1.82) is 0 Å². The van der Waals surface area contributed by atoms with Gasteiger partial charge in [-0.1, -0.05) is 11.6 Å². The number of allylic oxidation sites excluding steroid dienone is 1. The van der Waals surface area contributed by atoms with Gasteiger partial charge in [-0.3, -0.25) is 4.79 Å². The van der Waals surface area contributed by atoms with Gasteiger partial charge in [-0.15, -0.1) is 0 Å². The highest BCUT2D eigenvalue weighted by atomic mass is 35.5. The number of nitrogens with two attached hydrogens (primary N) is 1. The lowest BCUT2D eigenvalue weighted by atomic mass is 9.82. The highest BCUT2D eigenvalue weighted by Gasteiger charge is 2.33. The van der Waals surface area contributed by atoms with E-state index >= 15 is 0 Å². The molecular formula is C15H16ClNO. The van der Waals surface area contributed by atoms with Gasteiger partial charge in [0.25, 0.3) is 0 Å². The van der Waals surface area contributed by atoms with Gasteiger partial charge in [0.05, 0.1) is 7.29 Å². The zero-order valence-corrected chi connectivity index (χ0v) is 10.7. The van der Waals surface area contributed by atoms with Crippen molar-refractivity contribution in [2.24, 2.45) is 11.7 Å². The van der Waals surface area contributed by atoms with Gasteiger partial charge >= 0.3 is 0 Å². The van der Waals surface area contributed by atoms with Crippen LogP contribution in [0.1, 0.15) is 42.7 Å². The second-order valence-corrected chi connectivity index (χ2v) is 5.03. The minimum atomic E-state index is -2.06. The fraction of sp³-hybridized carbons (Fsp3) is 0.400. The number of rotatable bonds is 1. The Bertz CT molecular complexity index is 772. The number of primary amides is 1. The predicted octanol–water partition coefficient (Wildman–Crippen LogP) is 3.24. The molecule has 18 heavy (non-hydrogen) atoms. The molecule has 1 aromatic rings. The molecular weight excluding hydrogens is 246 g/mol. The summed E-state index contributed by atoms with van der Waals surface area (Å²) in [5, 5.41) is 0.218. The van der Waals surface area contributed by atoms with Crippen LogP contribution < -0.4 is 5.73 Å². The Morgan fingerprint density at radius 3 is 3.17 bits per heavy atom. The minimum absolute atomic E-state index is 0.0202. The van der Waals surface area contributed by atoms with Crippen LogP contribution in [0.25, 0.3) is 5.57 Å². The van der Waals surface area contributed by atoms with Crippen LogP contribution >= 0.6 is 11.6 Å². The van der Waals surface area contributed by atoms with Gasteiger partial charge in [0.2, 0.25) is 5.91 Å². The van der Waals surface area contributed by atoms with Gasteiger partial charge in [-0.25, -0.2) is 0 Å². The van der Waals surface area contributed by atoms with E-state index in [1.807, 2.05) is 6.92 Å². The molecule has 0 saturated heterocycles. The van der Waals surface area contributed by atoms with E-state index < -0.39 is 31.0 Å². The van der Waals surface area contributed by atoms with Crippen molar-refractivity contribution < 1.29 is 11.6 Å². The van der Waals surface area contributed by atoms with Crippen molar-refractivity contribution in [1.82, 2.24) is 0 Å². The Morgan fingerprint density at radius 2 is 2.44 bits per heavy atom. The highest BCUT2D eigenvalue weighted by molar-refractivity contribution is 6.30. The van der Waals surface area contributed by atoms with Gasteiger partial charge in [-0.05, 0) is 72.5 Å². The monoisotopic (exact) mass is 266 g/mol. The number of aryl methyl sites for hydroxylation is 1. The maximum absolute atomic E-state index is 11.9. The fourth-order valence-corrected chi connectivity index (χ4v) is 2.93. The second-order valence-electron chi connectivity index (χ2n) is 4.62. The molecule has 0 aromatic heterocycles. The van der Waals surface area contributed by atoms with E-state index in [9.17, 15) is 4.79 Å². The third-order valence-corrected chi connectivity index (χ3v) is 3.71. The van der Waals surface area contributed by atoms with Crippen LogP contribution in [0.2, 0.25) is 5.02 Å². The van der Waals surface area contributed by atoms with Gasteiger partial charge in [0.1, 0.15) is 0 Å². The molecule has 1 atom stereocenters. The average Bonchev–Trinajstić information content (AvgIpc) is 2.74. The number of benzene rings is 1. The number of fused-ring (bicyclic) bond motifs is 2. The Hall–Kier alpha value is -1.28. The van der Waals surface area contributed by atoms with Crippen LogP contribution in [-0.4, -0.2) is 5.91 Å². The summed E-state index contributed by atoms with van der Waals surface area (Å²) in [6, 6.07) is 1.66. The molecule has 2 aliphatic carbocycles. The molecule has 0 fully saturated rings. The number of amides is 1. The van der Waals surface area contributed by atoms with E-state index in [1.165, 1.54) is 0 Å². The van der Waals surface area contributed by atoms with Crippen molar-refractivity contribution >= 4 is 23.1 Å². The molecule has 1 aromatic carbocycles.